The maximum atomic E-state index is 11.5. The number of carbonyl (C=O) groups is 5. The summed E-state index contributed by atoms with van der Waals surface area (Å²) in [6.07, 6.45) is 27.4. The minimum Gasteiger partial charge on any atom is -0.381 e. The second kappa shape index (κ2) is 69.7. The number of ketones is 5. The Morgan fingerprint density at radius 3 is 1.01 bits per heavy atom. The average Bonchev–Trinajstić information content (AvgIpc) is 3.27. The zero-order valence-corrected chi connectivity index (χ0v) is 43.9. The van der Waals surface area contributed by atoms with Crippen molar-refractivity contribution in [3.63, 3.8) is 0 Å². The van der Waals surface area contributed by atoms with Crippen molar-refractivity contribution in [1.82, 2.24) is 4.90 Å². The number of sulfone groups is 1. The van der Waals surface area contributed by atoms with Gasteiger partial charge in [0.15, 0.2) is 33.0 Å². The lowest BCUT2D eigenvalue weighted by atomic mass is 9.98. The van der Waals surface area contributed by atoms with E-state index in [0.717, 1.165) is 76.2 Å². The van der Waals surface area contributed by atoms with Gasteiger partial charge in [-0.25, -0.2) is 8.42 Å². The summed E-state index contributed by atoms with van der Waals surface area (Å²) in [5.41, 5.74) is 0. The lowest BCUT2D eigenvalue weighted by Crippen LogP contribution is -2.16. The van der Waals surface area contributed by atoms with E-state index in [1.165, 1.54) is 6.08 Å². The number of nitrogens with zero attached hydrogens (tertiary/aromatic N) is 1. The molecule has 0 bridgehead atoms. The van der Waals surface area contributed by atoms with Gasteiger partial charge in [0.2, 0.25) is 5.78 Å². The molecule has 0 spiro atoms. The molecule has 0 radical (unpaired) electrons. The molecule has 0 saturated heterocycles. The van der Waals surface area contributed by atoms with Crippen molar-refractivity contribution in [2.45, 2.75) is 224 Å². The summed E-state index contributed by atoms with van der Waals surface area (Å²) in [5, 5.41) is 0.815. The zero-order chi connectivity index (χ0) is 50.4. The molecule has 0 aliphatic heterocycles. The molecular weight excluding hydrogens is 895 g/mol. The van der Waals surface area contributed by atoms with Crippen LogP contribution in [0, 0.1) is 41.9 Å². The summed E-state index contributed by atoms with van der Waals surface area (Å²) in [5.74, 6) is 3.98. The van der Waals surface area contributed by atoms with E-state index >= 15 is 0 Å². The van der Waals surface area contributed by atoms with Gasteiger partial charge in [0.1, 0.15) is 0 Å². The number of hydrogen-bond donors (Lipinski definition) is 0. The van der Waals surface area contributed by atoms with Gasteiger partial charge in [0.25, 0.3) is 0 Å². The minimum absolute atomic E-state index is 0. The van der Waals surface area contributed by atoms with E-state index in [1.807, 2.05) is 87.4 Å². The summed E-state index contributed by atoms with van der Waals surface area (Å²) in [4.78, 5) is 57.6. The molecule has 0 heterocycles. The fourth-order valence-corrected chi connectivity index (χ4v) is 7.01. The van der Waals surface area contributed by atoms with Crippen molar-refractivity contribution in [1.29, 1.82) is 0 Å². The highest BCUT2D eigenvalue weighted by molar-refractivity contribution is 7.94. The van der Waals surface area contributed by atoms with Crippen molar-refractivity contribution in [3.05, 3.63) is 61.1 Å². The maximum absolute atomic E-state index is 11.5. The largest absolute Gasteiger partial charge is 0.381 e. The van der Waals surface area contributed by atoms with Crippen LogP contribution >= 0.6 is 0 Å². The third-order valence-corrected chi connectivity index (χ3v) is 12.5. The molecule has 0 unspecified atom stereocenters. The number of rotatable bonds is 27. The molecule has 422 valence electrons. The molecule has 0 aromatic heterocycles. The smallest absolute Gasteiger partial charge is 0.208 e. The molecule has 0 aromatic rings. The summed E-state index contributed by atoms with van der Waals surface area (Å²) >= 11 is 0. The van der Waals surface area contributed by atoms with Crippen molar-refractivity contribution >= 4 is 38.8 Å². The normalized spacial score (nSPS) is 9.86. The van der Waals surface area contributed by atoms with Crippen LogP contribution in [-0.4, -0.2) is 81.8 Å². The van der Waals surface area contributed by atoms with Gasteiger partial charge in [-0.1, -0.05) is 166 Å². The molecular formula is C60H123NO8S. The molecule has 10 heteroatoms. The highest BCUT2D eigenvalue weighted by Gasteiger charge is 2.17. The number of hydrogen-bond acceptors (Lipinski definition) is 9. The molecule has 0 saturated carbocycles. The van der Waals surface area contributed by atoms with Crippen molar-refractivity contribution in [3.8, 4) is 12.3 Å². The topological polar surface area (TPSA) is 132 Å². The first-order chi connectivity index (χ1) is 29.7. The second-order valence-corrected chi connectivity index (χ2v) is 17.3. The Morgan fingerprint density at radius 2 is 0.829 bits per heavy atom. The first kappa shape index (κ1) is 99.7. The SMILES string of the molecule is C.C.C.C.C.C.C.C#CC(=O)C(CC)CC.C/C=C/C(=O)C(CC)CC.C=CC(=O)C(CC)CC.C=CS(=O)(=O)C(CC)CC.CCC(CC)C(=O)/C=C/CN(C)C.CCC(CC)C(=O)/C=C/COC. The van der Waals surface area contributed by atoms with Crippen LogP contribution in [-0.2, 0) is 38.5 Å². The summed E-state index contributed by atoms with van der Waals surface area (Å²) in [6.45, 7) is 34.0. The Morgan fingerprint density at radius 1 is 0.529 bits per heavy atom. The molecule has 0 aliphatic rings. The van der Waals surface area contributed by atoms with E-state index in [-0.39, 0.29) is 116 Å². The number of Topliss-reactive ketones (excluding diaryl/α,β-unsaturated/α-hetero) is 1. The van der Waals surface area contributed by atoms with E-state index in [2.05, 4.69) is 46.8 Å². The van der Waals surface area contributed by atoms with Gasteiger partial charge >= 0.3 is 0 Å². The number of carbonyl (C=O) groups excluding carboxylic acids is 5. The van der Waals surface area contributed by atoms with Crippen LogP contribution in [0.1, 0.15) is 219 Å². The first-order valence-electron chi connectivity index (χ1n) is 23.5. The van der Waals surface area contributed by atoms with E-state index in [1.54, 1.807) is 37.5 Å². The Labute approximate surface area is 440 Å². The average molecular weight is 1020 g/mol. The zero-order valence-electron chi connectivity index (χ0n) is 43.1. The summed E-state index contributed by atoms with van der Waals surface area (Å²) < 4.78 is 26.9. The van der Waals surface area contributed by atoms with E-state index in [0.29, 0.717) is 19.4 Å². The molecule has 0 N–H and O–H groups in total. The molecule has 0 aliphatic carbocycles. The number of likely N-dealkylation sites (N-methyl/N-ethyl adjacent to an activating group) is 1. The van der Waals surface area contributed by atoms with Crippen LogP contribution in [0.25, 0.3) is 0 Å². The van der Waals surface area contributed by atoms with Crippen molar-refractivity contribution < 1.29 is 37.1 Å². The van der Waals surface area contributed by atoms with Crippen LogP contribution in [0.5, 0.6) is 0 Å². The second-order valence-electron chi connectivity index (χ2n) is 15.1. The van der Waals surface area contributed by atoms with Crippen molar-refractivity contribution in [2.24, 2.45) is 29.6 Å². The molecule has 0 amide bonds. The summed E-state index contributed by atoms with van der Waals surface area (Å²) in [7, 11) is 2.60. The highest BCUT2D eigenvalue weighted by Crippen LogP contribution is 2.13. The Kier molecular flexibility index (Phi) is 99.3. The predicted molar refractivity (Wildman–Crippen MR) is 319 cm³/mol. The van der Waals surface area contributed by atoms with Crippen LogP contribution in [0.4, 0.5) is 0 Å². The number of terminal acetylenes is 1. The van der Waals surface area contributed by atoms with Crippen LogP contribution in [0.2, 0.25) is 0 Å². The van der Waals surface area contributed by atoms with E-state index in [9.17, 15) is 32.4 Å². The van der Waals surface area contributed by atoms with Crippen LogP contribution < -0.4 is 0 Å². The predicted octanol–water partition coefficient (Wildman–Crippen LogP) is 16.9. The van der Waals surface area contributed by atoms with Gasteiger partial charge in [0, 0.05) is 48.7 Å². The molecule has 70 heavy (non-hydrogen) atoms. The van der Waals surface area contributed by atoms with Gasteiger partial charge < -0.3 is 9.64 Å². The highest BCUT2D eigenvalue weighted by atomic mass is 32.2. The maximum Gasteiger partial charge on any atom is 0.208 e. The fourth-order valence-electron chi connectivity index (χ4n) is 5.81. The number of ether oxygens (including phenoxy) is 1. The van der Waals surface area contributed by atoms with Gasteiger partial charge in [-0.05, 0) is 128 Å². The molecule has 0 rings (SSSR count). The number of allylic oxidation sites excluding steroid dienone is 5. The molecule has 0 fully saturated rings. The fraction of sp³-hybridized carbons (Fsp3) is 0.717. The lowest BCUT2D eigenvalue weighted by molar-refractivity contribution is -0.119. The Bertz CT molecular complexity index is 1410. The van der Waals surface area contributed by atoms with Gasteiger partial charge in [-0.15, -0.1) is 6.42 Å². The van der Waals surface area contributed by atoms with Crippen LogP contribution in [0.15, 0.2) is 61.1 Å². The van der Waals surface area contributed by atoms with Gasteiger partial charge in [-0.3, -0.25) is 24.0 Å². The standard InChI is InChI=1S/C11H21NO.C10H18O2.C9H16O.C8H14O.C8H12O.C7H14O2S.7CH4/c1-5-10(6-2)11(13)8-7-9-12(3)4;1-4-9(5-2)10(11)7-6-8-12-3;1-4-7-9(10)8(5-2)6-3;2*1-4-7(5-2)8(9)6-3;1-4-7(5-2)10(8,9)6-3;;;;;;;/h7-8,10H,5-6,9H2,1-4H3;6-7,9H,4-5,8H2,1-3H3;4,7-8H,5-6H2,1-3H3;6-7H,3-5H2,1-2H3;3,7H,4-5H2,1-2H3;6-7H,3-5H2,1-2H3;7*1H4/b8-7+;7-6+;7-4+;;;;;;;;;;. The summed E-state index contributed by atoms with van der Waals surface area (Å²) in [6, 6.07) is 0. The van der Waals surface area contributed by atoms with Crippen LogP contribution in [0.3, 0.4) is 0 Å². The molecule has 9 nitrogen and oxygen atoms in total. The van der Waals surface area contributed by atoms with E-state index < -0.39 is 9.84 Å². The van der Waals surface area contributed by atoms with Gasteiger partial charge in [0.05, 0.1) is 11.9 Å². The third-order valence-electron chi connectivity index (χ3n) is 10.5. The quantitative estimate of drug-likeness (QED) is 0.0448. The first-order valence-corrected chi connectivity index (χ1v) is 25.1. The monoisotopic (exact) mass is 1020 g/mol. The minimum atomic E-state index is -3.00. The lowest BCUT2D eigenvalue weighted by Gasteiger charge is -2.08. The number of methoxy groups -OCH3 is 1. The molecule has 0 atom stereocenters. The third kappa shape index (κ3) is 57.1. The van der Waals surface area contributed by atoms with E-state index in [4.69, 9.17) is 11.2 Å². The van der Waals surface area contributed by atoms with Crippen molar-refractivity contribution in [2.75, 3.05) is 34.4 Å². The molecule has 0 aromatic carbocycles. The van der Waals surface area contributed by atoms with Gasteiger partial charge in [-0.2, -0.15) is 0 Å². The Hall–Kier alpha value is -3.52. The Balaban J connectivity index is -0.0000000499.